The van der Waals surface area contributed by atoms with Crippen molar-refractivity contribution in [2.75, 3.05) is 44.8 Å². The minimum atomic E-state index is -4.31. The smallest absolute Gasteiger partial charge is 0.410 e. The maximum Gasteiger partial charge on any atom is 0.410 e. The number of benzene rings is 2. The molecule has 1 spiro atoms. The van der Waals surface area contributed by atoms with Crippen LogP contribution in [0.1, 0.15) is 76.8 Å². The number of halogens is 1. The molecule has 4 aliphatic rings. The fourth-order valence-corrected chi connectivity index (χ4v) is 9.93. The zero-order valence-electron chi connectivity index (χ0n) is 31.5. The van der Waals surface area contributed by atoms with E-state index < -0.39 is 33.0 Å². The Labute approximate surface area is 319 Å². The highest BCUT2D eigenvalue weighted by Gasteiger charge is 2.48. The highest BCUT2D eigenvalue weighted by atomic mass is 35.5. The van der Waals surface area contributed by atoms with Crippen molar-refractivity contribution in [3.05, 3.63) is 77.9 Å². The molecule has 0 bridgehead atoms. The summed E-state index contributed by atoms with van der Waals surface area (Å²) in [6.45, 7) is 15.0. The SMILES string of the molecule is C=CCN(CC1(C(=O)NS(=O)(=O)c2ccc3c(c2)N(C[C@H]2CCC2[C@H](C=C)OC)CC2(CCCc4cc(Cl)ccc42)CO3)CCC1)C(=O)OC(C)(C)C. The second-order valence-electron chi connectivity index (χ2n) is 16.4. The number of carbonyl (C=O) groups excluding carboxylic acids is 2. The summed E-state index contributed by atoms with van der Waals surface area (Å²) in [6.07, 6.45) is 9.31. The molecule has 10 nitrogen and oxygen atoms in total. The van der Waals surface area contributed by atoms with Gasteiger partial charge < -0.3 is 24.0 Å². The van der Waals surface area contributed by atoms with E-state index in [1.807, 2.05) is 12.1 Å². The second kappa shape index (κ2) is 15.3. The van der Waals surface area contributed by atoms with Gasteiger partial charge in [-0.05, 0) is 119 Å². The van der Waals surface area contributed by atoms with Crippen molar-refractivity contribution in [3.8, 4) is 5.75 Å². The molecule has 1 heterocycles. The van der Waals surface area contributed by atoms with Gasteiger partial charge in [0, 0.05) is 43.7 Å². The van der Waals surface area contributed by atoms with Crippen molar-refractivity contribution in [2.24, 2.45) is 17.3 Å². The summed E-state index contributed by atoms with van der Waals surface area (Å²) < 4.78 is 48.5. The number of fused-ring (bicyclic) bond motifs is 3. The summed E-state index contributed by atoms with van der Waals surface area (Å²) >= 11 is 6.44. The van der Waals surface area contributed by atoms with Gasteiger partial charge in [-0.15, -0.1) is 13.2 Å². The summed E-state index contributed by atoms with van der Waals surface area (Å²) in [5, 5.41) is 0.710. The summed E-state index contributed by atoms with van der Waals surface area (Å²) in [6, 6.07) is 11.0. The van der Waals surface area contributed by atoms with Crippen LogP contribution in [0.25, 0.3) is 0 Å². The third-order valence-electron chi connectivity index (χ3n) is 11.7. The van der Waals surface area contributed by atoms with Crippen LogP contribution >= 0.6 is 11.6 Å². The standard InChI is InChI=1S/C41H54ClN3O7S/c1-7-21-44(38(47)52-39(3,4)5)25-40(19-10-20-40)37(46)43-53(48,49)31-14-17-36-34(23-31)45(24-29-12-15-32(29)35(8-2)50-6)26-41(27-51-36)18-9-11-28-22-30(42)13-16-33(28)41/h7-8,13-14,16-17,22-23,29,32,35H,1-2,9-12,15,18-21,24-27H2,3-6H3,(H,43,46)/t29-,32?,35+,41?/m1/s1. The Kier molecular flexibility index (Phi) is 11.3. The normalized spacial score (nSPS) is 23.8. The molecule has 6 rings (SSSR count). The average Bonchev–Trinajstić information content (AvgIpc) is 3.22. The van der Waals surface area contributed by atoms with Gasteiger partial charge in [0.1, 0.15) is 11.4 Å². The molecule has 3 aliphatic carbocycles. The molecule has 0 aromatic heterocycles. The van der Waals surface area contributed by atoms with Crippen LogP contribution in [0.5, 0.6) is 5.75 Å². The summed E-state index contributed by atoms with van der Waals surface area (Å²) in [4.78, 5) is 30.7. The first-order valence-electron chi connectivity index (χ1n) is 18.7. The quantitative estimate of drug-likeness (QED) is 0.222. The first-order chi connectivity index (χ1) is 25.1. The number of hydrogen-bond acceptors (Lipinski definition) is 8. The van der Waals surface area contributed by atoms with Crippen LogP contribution in [0.4, 0.5) is 10.5 Å². The maximum atomic E-state index is 14.1. The number of nitrogens with one attached hydrogen (secondary N) is 1. The van der Waals surface area contributed by atoms with Crippen molar-refractivity contribution < 1.29 is 32.2 Å². The van der Waals surface area contributed by atoms with Crippen LogP contribution in [-0.2, 0) is 36.1 Å². The van der Waals surface area contributed by atoms with Crippen molar-refractivity contribution in [1.29, 1.82) is 0 Å². The zero-order valence-corrected chi connectivity index (χ0v) is 33.1. The molecule has 2 fully saturated rings. The van der Waals surface area contributed by atoms with E-state index in [0.29, 0.717) is 60.8 Å². The lowest BCUT2D eigenvalue weighted by Crippen LogP contribution is -2.55. The fraction of sp³-hybridized carbons (Fsp3) is 0.561. The highest BCUT2D eigenvalue weighted by Crippen LogP contribution is 2.47. The van der Waals surface area contributed by atoms with Crippen LogP contribution in [0.15, 0.2) is 66.6 Å². The van der Waals surface area contributed by atoms with E-state index in [0.717, 1.165) is 38.5 Å². The lowest BCUT2D eigenvalue weighted by atomic mass is 9.68. The third kappa shape index (κ3) is 8.13. The number of methoxy groups -OCH3 is 1. The van der Waals surface area contributed by atoms with Gasteiger partial charge in [0.05, 0.1) is 28.7 Å². The molecule has 2 amide bonds. The Bertz CT molecular complexity index is 1840. The molecule has 4 atom stereocenters. The number of rotatable bonds is 12. The molecule has 1 N–H and O–H groups in total. The molecule has 2 aromatic carbocycles. The van der Waals surface area contributed by atoms with E-state index in [9.17, 15) is 18.0 Å². The fourth-order valence-electron chi connectivity index (χ4n) is 8.64. The van der Waals surface area contributed by atoms with Gasteiger partial charge >= 0.3 is 6.09 Å². The van der Waals surface area contributed by atoms with E-state index in [1.54, 1.807) is 46.1 Å². The van der Waals surface area contributed by atoms with E-state index in [4.69, 9.17) is 25.8 Å². The largest absolute Gasteiger partial charge is 0.490 e. The Balaban J connectivity index is 1.30. The maximum absolute atomic E-state index is 14.1. The number of anilines is 1. The van der Waals surface area contributed by atoms with Gasteiger partial charge in [-0.1, -0.05) is 36.2 Å². The summed E-state index contributed by atoms with van der Waals surface area (Å²) in [5.74, 6) is 0.568. The number of carbonyl (C=O) groups is 2. The molecule has 2 saturated carbocycles. The summed E-state index contributed by atoms with van der Waals surface area (Å²) in [5.41, 5.74) is 0.990. The van der Waals surface area contributed by atoms with Gasteiger partial charge in [0.2, 0.25) is 5.91 Å². The zero-order chi connectivity index (χ0) is 38.2. The van der Waals surface area contributed by atoms with E-state index >= 15 is 0 Å². The molecular formula is C41H54ClN3O7S. The molecule has 288 valence electrons. The Morgan fingerprint density at radius 1 is 1.13 bits per heavy atom. The van der Waals surface area contributed by atoms with Gasteiger partial charge in [-0.3, -0.25) is 4.79 Å². The van der Waals surface area contributed by atoms with Crippen LogP contribution in [-0.4, -0.2) is 76.9 Å². The van der Waals surface area contributed by atoms with E-state index in [-0.39, 0.29) is 29.5 Å². The molecule has 0 saturated heterocycles. The van der Waals surface area contributed by atoms with E-state index in [2.05, 4.69) is 34.9 Å². The molecule has 53 heavy (non-hydrogen) atoms. The predicted molar refractivity (Wildman–Crippen MR) is 207 cm³/mol. The number of aryl methyl sites for hydroxylation is 1. The predicted octanol–water partition coefficient (Wildman–Crippen LogP) is 7.44. The number of ether oxygens (including phenoxy) is 3. The van der Waals surface area contributed by atoms with Crippen molar-refractivity contribution in [2.45, 2.75) is 94.2 Å². The van der Waals surface area contributed by atoms with Gasteiger partial charge in [-0.25, -0.2) is 17.9 Å². The van der Waals surface area contributed by atoms with Gasteiger partial charge in [0.25, 0.3) is 10.0 Å². The molecule has 1 aliphatic heterocycles. The highest BCUT2D eigenvalue weighted by molar-refractivity contribution is 7.90. The number of hydrogen-bond donors (Lipinski definition) is 1. The Morgan fingerprint density at radius 2 is 1.91 bits per heavy atom. The monoisotopic (exact) mass is 767 g/mol. The molecular weight excluding hydrogens is 714 g/mol. The van der Waals surface area contributed by atoms with Crippen LogP contribution in [0, 0.1) is 17.3 Å². The van der Waals surface area contributed by atoms with Crippen LogP contribution in [0.3, 0.4) is 0 Å². The number of amides is 2. The van der Waals surface area contributed by atoms with Crippen molar-refractivity contribution in [3.63, 3.8) is 0 Å². The van der Waals surface area contributed by atoms with Gasteiger partial charge in [-0.2, -0.15) is 0 Å². The second-order valence-corrected chi connectivity index (χ2v) is 18.5. The lowest BCUT2D eigenvalue weighted by Gasteiger charge is -2.46. The minimum absolute atomic E-state index is 0.0194. The molecule has 0 radical (unpaired) electrons. The Morgan fingerprint density at radius 3 is 2.53 bits per heavy atom. The number of sulfonamides is 1. The topological polar surface area (TPSA) is 114 Å². The first-order valence-corrected chi connectivity index (χ1v) is 20.6. The van der Waals surface area contributed by atoms with Crippen LogP contribution in [0.2, 0.25) is 5.02 Å². The number of nitrogens with zero attached hydrogens (tertiary/aromatic N) is 2. The van der Waals surface area contributed by atoms with E-state index in [1.165, 1.54) is 22.1 Å². The molecule has 2 aromatic rings. The van der Waals surface area contributed by atoms with Crippen molar-refractivity contribution in [1.82, 2.24) is 9.62 Å². The summed E-state index contributed by atoms with van der Waals surface area (Å²) in [7, 11) is -2.60. The average molecular weight is 768 g/mol. The minimum Gasteiger partial charge on any atom is -0.490 e. The first kappa shape index (κ1) is 39.2. The third-order valence-corrected chi connectivity index (χ3v) is 13.3. The van der Waals surface area contributed by atoms with Gasteiger partial charge in [0.15, 0.2) is 0 Å². The lowest BCUT2D eigenvalue weighted by molar-refractivity contribution is -0.135. The van der Waals surface area contributed by atoms with Crippen LogP contribution < -0.4 is 14.4 Å². The van der Waals surface area contributed by atoms with Crippen molar-refractivity contribution >= 4 is 39.3 Å². The molecule has 12 heteroatoms. The molecule has 2 unspecified atom stereocenters. The Hall–Kier alpha value is -3.54.